The van der Waals surface area contributed by atoms with E-state index in [-0.39, 0.29) is 56.5 Å². The Morgan fingerprint density at radius 3 is 2.12 bits per heavy atom. The highest BCUT2D eigenvalue weighted by Crippen LogP contribution is 2.33. The number of rotatable bonds is 18. The van der Waals surface area contributed by atoms with E-state index in [0.29, 0.717) is 38.0 Å². The monoisotopic (exact) mass is 594 g/mol. The average molecular weight is 595 g/mol. The van der Waals surface area contributed by atoms with Gasteiger partial charge in [0.1, 0.15) is 5.56 Å². The Kier molecular flexibility index (Phi) is 13.2. The lowest BCUT2D eigenvalue weighted by atomic mass is 10.0. The standard InChI is InChI=1S/C25H34F4N4O6S/c26-15-13-16(27)22(29)20(21(15)28)24(35)31-6-8-38-10-12-39-11-9-37-7-5-30-19(34)4-2-1-3-18-23-17(14-40-18)32-25(36)33-23/h13,17-18,23H,1-12,14H2,(H,30,34)(H,31,35)(H2,32,33,36)/t17-,18-,23-/m0/s1. The van der Waals surface area contributed by atoms with Crippen molar-refractivity contribution in [1.82, 2.24) is 21.3 Å². The maximum absolute atomic E-state index is 13.6. The molecule has 0 aromatic heterocycles. The molecule has 2 heterocycles. The summed E-state index contributed by atoms with van der Waals surface area (Å²) in [4.78, 5) is 35.2. The molecule has 1 aromatic carbocycles. The van der Waals surface area contributed by atoms with Crippen molar-refractivity contribution in [3.8, 4) is 0 Å². The Balaban J connectivity index is 1.08. The summed E-state index contributed by atoms with van der Waals surface area (Å²) >= 11 is 1.86. The number of halogens is 4. The van der Waals surface area contributed by atoms with Crippen LogP contribution in [0.1, 0.15) is 36.0 Å². The first kappa shape index (κ1) is 31.9. The van der Waals surface area contributed by atoms with Crippen LogP contribution in [0.2, 0.25) is 0 Å². The highest BCUT2D eigenvalue weighted by atomic mass is 32.2. The number of nitrogens with one attached hydrogen (secondary N) is 4. The van der Waals surface area contributed by atoms with E-state index in [4.69, 9.17) is 14.2 Å². The molecule has 2 saturated heterocycles. The number of thioether (sulfide) groups is 1. The zero-order valence-corrected chi connectivity index (χ0v) is 22.7. The van der Waals surface area contributed by atoms with Crippen LogP contribution in [0.25, 0.3) is 0 Å². The van der Waals surface area contributed by atoms with E-state index >= 15 is 0 Å². The molecule has 3 rings (SSSR count). The number of carbonyl (C=O) groups is 3. The molecule has 224 valence electrons. The van der Waals surface area contributed by atoms with Crippen molar-refractivity contribution < 1.29 is 46.2 Å². The molecule has 4 amide bonds. The Morgan fingerprint density at radius 1 is 0.875 bits per heavy atom. The fourth-order valence-corrected chi connectivity index (χ4v) is 5.81. The molecule has 15 heteroatoms. The quantitative estimate of drug-likeness (QED) is 0.0885. The van der Waals surface area contributed by atoms with Crippen molar-refractivity contribution in [3.05, 3.63) is 34.9 Å². The summed E-state index contributed by atoms with van der Waals surface area (Å²) in [6, 6.07) is 0.330. The second kappa shape index (κ2) is 16.6. The molecule has 0 unspecified atom stereocenters. The van der Waals surface area contributed by atoms with Gasteiger partial charge in [-0.2, -0.15) is 11.8 Å². The molecule has 0 bridgehead atoms. The topological polar surface area (TPSA) is 127 Å². The molecule has 2 aliphatic heterocycles. The molecule has 3 atom stereocenters. The lowest BCUT2D eigenvalue weighted by Gasteiger charge is -2.16. The average Bonchev–Trinajstić information content (AvgIpc) is 3.47. The largest absolute Gasteiger partial charge is 0.377 e. The molecule has 4 N–H and O–H groups in total. The fourth-order valence-electron chi connectivity index (χ4n) is 4.26. The van der Waals surface area contributed by atoms with Gasteiger partial charge >= 0.3 is 6.03 Å². The maximum atomic E-state index is 13.6. The SMILES string of the molecule is O=C(CCCC[C@@H]1SC[C@@H]2NC(=O)N[C@@H]21)NCCOCCOCCOCCNC(=O)c1c(F)c(F)cc(F)c1F. The zero-order valence-electron chi connectivity index (χ0n) is 21.9. The Labute approximate surface area is 233 Å². The van der Waals surface area contributed by atoms with Gasteiger partial charge < -0.3 is 35.5 Å². The molecule has 40 heavy (non-hydrogen) atoms. The van der Waals surface area contributed by atoms with Crippen LogP contribution in [0.3, 0.4) is 0 Å². The number of urea groups is 1. The van der Waals surface area contributed by atoms with E-state index in [2.05, 4.69) is 21.3 Å². The van der Waals surface area contributed by atoms with Crippen LogP contribution >= 0.6 is 11.8 Å². The lowest BCUT2D eigenvalue weighted by molar-refractivity contribution is -0.121. The van der Waals surface area contributed by atoms with Crippen LogP contribution in [-0.2, 0) is 19.0 Å². The number of benzene rings is 1. The number of hydrogen-bond acceptors (Lipinski definition) is 7. The second-order valence-electron chi connectivity index (χ2n) is 9.15. The number of unbranched alkanes of at least 4 members (excludes halogenated alkanes) is 1. The second-order valence-corrected chi connectivity index (χ2v) is 10.4. The Hall–Kier alpha value is -2.62. The molecule has 2 fully saturated rings. The zero-order chi connectivity index (χ0) is 28.9. The summed E-state index contributed by atoms with van der Waals surface area (Å²) < 4.78 is 69.5. The number of ether oxygens (including phenoxy) is 3. The third kappa shape index (κ3) is 9.78. The first-order valence-electron chi connectivity index (χ1n) is 13.1. The molecule has 0 aliphatic carbocycles. The first-order valence-corrected chi connectivity index (χ1v) is 14.1. The Bertz CT molecular complexity index is 998. The van der Waals surface area contributed by atoms with Gasteiger partial charge in [-0.25, -0.2) is 22.4 Å². The summed E-state index contributed by atoms with van der Waals surface area (Å²) in [5, 5.41) is 11.2. The molecule has 1 aromatic rings. The molecule has 0 radical (unpaired) electrons. The molecular weight excluding hydrogens is 560 g/mol. The number of carbonyl (C=O) groups excluding carboxylic acids is 3. The normalized spacial score (nSPS) is 19.7. The summed E-state index contributed by atoms with van der Waals surface area (Å²) in [7, 11) is 0. The van der Waals surface area contributed by atoms with E-state index in [9.17, 15) is 31.9 Å². The first-order chi connectivity index (χ1) is 19.3. The lowest BCUT2D eigenvalue weighted by Crippen LogP contribution is -2.36. The van der Waals surface area contributed by atoms with Crippen molar-refractivity contribution in [2.75, 3.05) is 58.5 Å². The van der Waals surface area contributed by atoms with Crippen LogP contribution in [0, 0.1) is 23.3 Å². The third-order valence-electron chi connectivity index (χ3n) is 6.26. The Morgan fingerprint density at radius 2 is 1.48 bits per heavy atom. The molecule has 2 aliphatic rings. The van der Waals surface area contributed by atoms with Gasteiger partial charge in [0.15, 0.2) is 23.3 Å². The number of fused-ring (bicyclic) bond motifs is 1. The van der Waals surface area contributed by atoms with Gasteiger partial charge in [-0.1, -0.05) is 6.42 Å². The molecule has 0 saturated carbocycles. The minimum Gasteiger partial charge on any atom is -0.377 e. The van der Waals surface area contributed by atoms with Crippen LogP contribution in [0.5, 0.6) is 0 Å². The van der Waals surface area contributed by atoms with Crippen molar-refractivity contribution in [2.24, 2.45) is 0 Å². The van der Waals surface area contributed by atoms with Gasteiger partial charge in [0.25, 0.3) is 5.91 Å². The number of amides is 4. The predicted molar refractivity (Wildman–Crippen MR) is 138 cm³/mol. The smallest absolute Gasteiger partial charge is 0.315 e. The minimum atomic E-state index is -1.77. The van der Waals surface area contributed by atoms with Gasteiger partial charge in [0, 0.05) is 36.6 Å². The van der Waals surface area contributed by atoms with Gasteiger partial charge in [-0.15, -0.1) is 0 Å². The van der Waals surface area contributed by atoms with E-state index in [0.717, 1.165) is 25.0 Å². The molecule has 10 nitrogen and oxygen atoms in total. The van der Waals surface area contributed by atoms with Crippen LogP contribution in [0.4, 0.5) is 22.4 Å². The predicted octanol–water partition coefficient (Wildman–Crippen LogP) is 1.86. The van der Waals surface area contributed by atoms with Crippen molar-refractivity contribution in [2.45, 2.75) is 43.0 Å². The maximum Gasteiger partial charge on any atom is 0.315 e. The fraction of sp³-hybridized carbons (Fsp3) is 0.640. The molecule has 0 spiro atoms. The van der Waals surface area contributed by atoms with Crippen LogP contribution in [0.15, 0.2) is 6.07 Å². The van der Waals surface area contributed by atoms with E-state index < -0.39 is 34.7 Å². The van der Waals surface area contributed by atoms with Crippen molar-refractivity contribution in [1.29, 1.82) is 0 Å². The van der Waals surface area contributed by atoms with Crippen LogP contribution in [-0.4, -0.2) is 93.7 Å². The van der Waals surface area contributed by atoms with Gasteiger partial charge in [0.05, 0.1) is 51.7 Å². The summed E-state index contributed by atoms with van der Waals surface area (Å²) in [5.74, 6) is -7.25. The van der Waals surface area contributed by atoms with E-state index in [1.807, 2.05) is 11.8 Å². The summed E-state index contributed by atoms with van der Waals surface area (Å²) in [6.07, 6.45) is 3.12. The van der Waals surface area contributed by atoms with Crippen LogP contribution < -0.4 is 21.3 Å². The molecular formula is C25H34F4N4O6S. The number of hydrogen-bond donors (Lipinski definition) is 4. The summed E-state index contributed by atoms with van der Waals surface area (Å²) in [5.41, 5.74) is -1.33. The highest BCUT2D eigenvalue weighted by Gasteiger charge is 2.42. The van der Waals surface area contributed by atoms with Crippen molar-refractivity contribution in [3.63, 3.8) is 0 Å². The minimum absolute atomic E-state index is 0.0114. The van der Waals surface area contributed by atoms with Gasteiger partial charge in [0.2, 0.25) is 5.91 Å². The van der Waals surface area contributed by atoms with E-state index in [1.165, 1.54) is 0 Å². The van der Waals surface area contributed by atoms with E-state index in [1.54, 1.807) is 0 Å². The van der Waals surface area contributed by atoms with Crippen molar-refractivity contribution >= 4 is 29.6 Å². The summed E-state index contributed by atoms with van der Waals surface area (Å²) in [6.45, 7) is 1.62. The van der Waals surface area contributed by atoms with Gasteiger partial charge in [-0.05, 0) is 12.8 Å². The highest BCUT2D eigenvalue weighted by molar-refractivity contribution is 8.00. The third-order valence-corrected chi connectivity index (χ3v) is 7.77. The van der Waals surface area contributed by atoms with Gasteiger partial charge in [-0.3, -0.25) is 9.59 Å².